The first-order valence-corrected chi connectivity index (χ1v) is 11.1. The highest BCUT2D eigenvalue weighted by Crippen LogP contribution is 2.39. The van der Waals surface area contributed by atoms with E-state index in [1.807, 2.05) is 36.4 Å². The minimum Gasteiger partial charge on any atom is -0.351 e. The Bertz CT molecular complexity index is 1300. The van der Waals surface area contributed by atoms with E-state index >= 15 is 0 Å². The zero-order chi connectivity index (χ0) is 25.3. The standard InChI is InChI=1S/C27H25F2N3O3/c1-27(2,25(34)30-15-16-12-17(28)14-18(29)13-16)26(35)31-23-21-10-5-4-8-19(21)20-9-6-7-11-22(20)32(3)24(23)33/h4-14,23H,15H2,1-3H3,(H,30,34)(H,31,35)/t23-/m1/s1. The Hall–Kier alpha value is -4.07. The Balaban J connectivity index is 1.57. The van der Waals surface area contributed by atoms with E-state index in [0.29, 0.717) is 11.3 Å². The van der Waals surface area contributed by atoms with Crippen molar-refractivity contribution >= 4 is 23.4 Å². The van der Waals surface area contributed by atoms with Gasteiger partial charge in [-0.05, 0) is 48.7 Å². The molecular weight excluding hydrogens is 452 g/mol. The van der Waals surface area contributed by atoms with E-state index in [0.717, 1.165) is 29.3 Å². The molecule has 1 atom stereocenters. The van der Waals surface area contributed by atoms with Crippen LogP contribution in [0.2, 0.25) is 0 Å². The highest BCUT2D eigenvalue weighted by molar-refractivity contribution is 6.09. The number of anilines is 1. The van der Waals surface area contributed by atoms with Crippen molar-refractivity contribution in [2.45, 2.75) is 26.4 Å². The third-order valence-corrected chi connectivity index (χ3v) is 6.19. The first kappa shape index (κ1) is 24.1. The lowest BCUT2D eigenvalue weighted by Gasteiger charge is -2.28. The van der Waals surface area contributed by atoms with E-state index in [1.54, 1.807) is 19.2 Å². The van der Waals surface area contributed by atoms with E-state index in [1.165, 1.54) is 18.7 Å². The number of hydrogen-bond acceptors (Lipinski definition) is 3. The minimum atomic E-state index is -1.57. The molecular formula is C27H25F2N3O3. The molecule has 0 bridgehead atoms. The second-order valence-corrected chi connectivity index (χ2v) is 8.99. The molecule has 0 fully saturated rings. The Kier molecular flexibility index (Phi) is 6.39. The molecule has 0 aliphatic carbocycles. The molecule has 8 heteroatoms. The number of halogens is 2. The largest absolute Gasteiger partial charge is 0.351 e. The summed E-state index contributed by atoms with van der Waals surface area (Å²) < 4.78 is 26.9. The first-order chi connectivity index (χ1) is 16.6. The molecule has 1 aliphatic heterocycles. The van der Waals surface area contributed by atoms with Crippen LogP contribution in [0.25, 0.3) is 11.1 Å². The third-order valence-electron chi connectivity index (χ3n) is 6.19. The molecule has 2 N–H and O–H groups in total. The predicted molar refractivity (Wildman–Crippen MR) is 128 cm³/mol. The van der Waals surface area contributed by atoms with Crippen molar-refractivity contribution in [3.63, 3.8) is 0 Å². The highest BCUT2D eigenvalue weighted by atomic mass is 19.1. The number of para-hydroxylation sites is 1. The number of amides is 3. The number of fused-ring (bicyclic) bond motifs is 3. The molecule has 0 aromatic heterocycles. The zero-order valence-corrected chi connectivity index (χ0v) is 19.6. The summed E-state index contributed by atoms with van der Waals surface area (Å²) in [7, 11) is 1.64. The van der Waals surface area contributed by atoms with Crippen molar-refractivity contribution in [1.29, 1.82) is 0 Å². The minimum absolute atomic E-state index is 0.159. The Labute approximate surface area is 201 Å². The Morgan fingerprint density at radius 1 is 0.914 bits per heavy atom. The van der Waals surface area contributed by atoms with Gasteiger partial charge in [-0.3, -0.25) is 14.4 Å². The van der Waals surface area contributed by atoms with Crippen LogP contribution in [0.3, 0.4) is 0 Å². The second kappa shape index (κ2) is 9.29. The topological polar surface area (TPSA) is 78.5 Å². The maximum Gasteiger partial charge on any atom is 0.253 e. The number of benzene rings is 3. The molecule has 0 radical (unpaired) electrons. The quantitative estimate of drug-likeness (QED) is 0.543. The molecule has 35 heavy (non-hydrogen) atoms. The van der Waals surface area contributed by atoms with Crippen molar-refractivity contribution < 1.29 is 23.2 Å². The summed E-state index contributed by atoms with van der Waals surface area (Å²) in [5, 5.41) is 5.31. The molecule has 1 aliphatic rings. The van der Waals surface area contributed by atoms with Crippen LogP contribution in [0.5, 0.6) is 0 Å². The van der Waals surface area contributed by atoms with Crippen molar-refractivity contribution in [2.24, 2.45) is 5.41 Å². The van der Waals surface area contributed by atoms with Gasteiger partial charge in [-0.15, -0.1) is 0 Å². The number of carbonyl (C=O) groups is 3. The summed E-state index contributed by atoms with van der Waals surface area (Å²) in [6.45, 7) is 2.69. The van der Waals surface area contributed by atoms with Gasteiger partial charge < -0.3 is 15.5 Å². The molecule has 3 amide bonds. The van der Waals surface area contributed by atoms with Crippen molar-refractivity contribution in [3.05, 3.63) is 89.5 Å². The average Bonchev–Trinajstić information content (AvgIpc) is 2.91. The molecule has 4 rings (SSSR count). The number of carbonyl (C=O) groups excluding carboxylic acids is 3. The summed E-state index contributed by atoms with van der Waals surface area (Å²) in [6, 6.07) is 16.7. The van der Waals surface area contributed by atoms with Crippen LogP contribution in [0.1, 0.15) is 31.0 Å². The van der Waals surface area contributed by atoms with Crippen LogP contribution in [0, 0.1) is 17.0 Å². The smallest absolute Gasteiger partial charge is 0.253 e. The lowest BCUT2D eigenvalue weighted by Crippen LogP contribution is -2.51. The van der Waals surface area contributed by atoms with Gasteiger partial charge in [-0.1, -0.05) is 42.5 Å². The van der Waals surface area contributed by atoms with Gasteiger partial charge >= 0.3 is 0 Å². The van der Waals surface area contributed by atoms with Crippen LogP contribution in [-0.4, -0.2) is 24.8 Å². The fourth-order valence-electron chi connectivity index (χ4n) is 4.10. The van der Waals surface area contributed by atoms with Gasteiger partial charge in [0.25, 0.3) is 5.91 Å². The SMILES string of the molecule is CN1C(=O)[C@H](NC(=O)C(C)(C)C(=O)NCc2cc(F)cc(F)c2)c2ccccc2-c2ccccc21. The van der Waals surface area contributed by atoms with Gasteiger partial charge in [0, 0.05) is 25.2 Å². The monoisotopic (exact) mass is 477 g/mol. The summed E-state index contributed by atoms with van der Waals surface area (Å²) in [6.07, 6.45) is 0. The number of nitrogens with zero attached hydrogens (tertiary/aromatic N) is 1. The summed E-state index contributed by atoms with van der Waals surface area (Å²) in [5.74, 6) is -3.18. The van der Waals surface area contributed by atoms with E-state index in [-0.39, 0.29) is 18.0 Å². The van der Waals surface area contributed by atoms with Crippen LogP contribution in [0.4, 0.5) is 14.5 Å². The van der Waals surface area contributed by atoms with Gasteiger partial charge in [-0.2, -0.15) is 0 Å². The van der Waals surface area contributed by atoms with Gasteiger partial charge in [0.1, 0.15) is 23.1 Å². The van der Waals surface area contributed by atoms with Crippen LogP contribution in [0.15, 0.2) is 66.7 Å². The van der Waals surface area contributed by atoms with Gasteiger partial charge in [0.15, 0.2) is 0 Å². The van der Waals surface area contributed by atoms with E-state index in [4.69, 9.17) is 0 Å². The summed E-state index contributed by atoms with van der Waals surface area (Å²) >= 11 is 0. The second-order valence-electron chi connectivity index (χ2n) is 8.99. The lowest BCUT2D eigenvalue weighted by molar-refractivity contribution is -0.143. The maximum absolute atomic E-state index is 13.4. The molecule has 3 aromatic rings. The Morgan fingerprint density at radius 2 is 1.51 bits per heavy atom. The third kappa shape index (κ3) is 4.64. The normalized spacial score (nSPS) is 15.1. The molecule has 0 saturated carbocycles. The van der Waals surface area contributed by atoms with Gasteiger partial charge in [-0.25, -0.2) is 8.78 Å². The number of rotatable bonds is 5. The fourth-order valence-corrected chi connectivity index (χ4v) is 4.10. The van der Waals surface area contributed by atoms with Crippen molar-refractivity contribution in [2.75, 3.05) is 11.9 Å². The van der Waals surface area contributed by atoms with Crippen LogP contribution >= 0.6 is 0 Å². The number of likely N-dealkylation sites (N-methyl/N-ethyl adjacent to an activating group) is 1. The van der Waals surface area contributed by atoms with Gasteiger partial charge in [0.05, 0.1) is 5.69 Å². The number of hydrogen-bond donors (Lipinski definition) is 2. The van der Waals surface area contributed by atoms with Crippen LogP contribution < -0.4 is 15.5 Å². The van der Waals surface area contributed by atoms with E-state index < -0.39 is 34.9 Å². The fraction of sp³-hybridized carbons (Fsp3) is 0.222. The van der Waals surface area contributed by atoms with E-state index in [9.17, 15) is 23.2 Å². The molecule has 3 aromatic carbocycles. The number of nitrogens with one attached hydrogen (secondary N) is 2. The van der Waals surface area contributed by atoms with Crippen molar-refractivity contribution in [1.82, 2.24) is 10.6 Å². The molecule has 0 unspecified atom stereocenters. The molecule has 180 valence electrons. The molecule has 0 spiro atoms. The summed E-state index contributed by atoms with van der Waals surface area (Å²) in [5.41, 5.74) is 1.64. The molecule has 1 heterocycles. The Morgan fingerprint density at radius 3 is 2.20 bits per heavy atom. The maximum atomic E-state index is 13.4. The molecule has 6 nitrogen and oxygen atoms in total. The summed E-state index contributed by atoms with van der Waals surface area (Å²) in [4.78, 5) is 41.1. The zero-order valence-electron chi connectivity index (χ0n) is 19.6. The van der Waals surface area contributed by atoms with E-state index in [2.05, 4.69) is 10.6 Å². The van der Waals surface area contributed by atoms with Gasteiger partial charge in [0.2, 0.25) is 11.8 Å². The predicted octanol–water partition coefficient (Wildman–Crippen LogP) is 4.11. The average molecular weight is 478 g/mol. The van der Waals surface area contributed by atoms with Crippen molar-refractivity contribution in [3.8, 4) is 11.1 Å². The first-order valence-electron chi connectivity index (χ1n) is 11.1. The lowest BCUT2D eigenvalue weighted by atomic mass is 9.89. The highest BCUT2D eigenvalue weighted by Gasteiger charge is 2.40. The molecule has 0 saturated heterocycles. The van der Waals surface area contributed by atoms with Crippen LogP contribution in [-0.2, 0) is 20.9 Å².